The number of nitrogens with one attached hydrogen (secondary N) is 1. The van der Waals surface area contributed by atoms with Crippen LogP contribution in [0.2, 0.25) is 0 Å². The number of nitro benzene ring substituents is 3. The molecule has 3 aliphatic rings. The number of non-ortho nitro benzene ring substituents is 3. The van der Waals surface area contributed by atoms with Gasteiger partial charge in [0.25, 0.3) is 17.1 Å². The number of rotatable bonds is 15. The minimum atomic E-state index is -0.450. The number of β-amino-alcohol motifs (C(OH)–C–C–N with tert-alkyl or cyclic N) is 1. The first kappa shape index (κ1) is 46.9. The molecule has 0 fully saturated rings. The van der Waals surface area contributed by atoms with Gasteiger partial charge < -0.3 is 49.0 Å². The van der Waals surface area contributed by atoms with E-state index in [9.17, 15) is 30.3 Å². The maximum atomic E-state index is 10.8. The van der Waals surface area contributed by atoms with Crippen molar-refractivity contribution in [3.05, 3.63) is 84.9 Å². The van der Waals surface area contributed by atoms with Crippen molar-refractivity contribution in [2.45, 2.75) is 27.7 Å². The molecule has 2 N–H and O–H groups in total. The smallest absolute Gasteiger partial charge is 0.273 e. The van der Waals surface area contributed by atoms with Gasteiger partial charge in [-0.25, -0.2) is 0 Å². The summed E-state index contributed by atoms with van der Waals surface area (Å²) in [6.07, 6.45) is 0. The van der Waals surface area contributed by atoms with Crippen LogP contribution in [0.5, 0.6) is 17.2 Å². The predicted octanol–water partition coefficient (Wildman–Crippen LogP) is 5.22. The molecule has 0 aromatic heterocycles. The van der Waals surface area contributed by atoms with Gasteiger partial charge in [-0.2, -0.15) is 0 Å². The maximum Gasteiger partial charge on any atom is 0.273 e. The van der Waals surface area contributed by atoms with Crippen LogP contribution < -0.4 is 34.2 Å². The van der Waals surface area contributed by atoms with Crippen molar-refractivity contribution in [1.82, 2.24) is 10.2 Å². The lowest BCUT2D eigenvalue weighted by molar-refractivity contribution is -0.385. The number of likely N-dealkylation sites (N-methyl/N-ethyl adjacent to an activating group) is 1. The van der Waals surface area contributed by atoms with Gasteiger partial charge in [0.1, 0.15) is 37.1 Å². The van der Waals surface area contributed by atoms with Gasteiger partial charge in [0, 0.05) is 52.9 Å². The number of aliphatic hydroxyl groups excluding tert-OH is 1. The number of hydrogen-bond donors (Lipinski definition) is 2. The number of nitro groups is 3. The number of fused-ring (bicyclic) bond motifs is 3. The summed E-state index contributed by atoms with van der Waals surface area (Å²) in [6, 6.07) is 14.0. The highest BCUT2D eigenvalue weighted by molar-refractivity contribution is 5.65. The topological polar surface area (TPSA) is 212 Å². The van der Waals surface area contributed by atoms with Crippen molar-refractivity contribution >= 4 is 34.1 Å². The Bertz CT molecular complexity index is 1750. The monoisotopic (exact) mass is 817 g/mol. The van der Waals surface area contributed by atoms with Crippen molar-refractivity contribution in [1.29, 1.82) is 0 Å². The standard InChI is InChI=1S/C14H21N3O3.C11H14N2O4.C10H12N2O4.C4H11N.H2/c1-3-15(4-2)7-8-16-9-10-20-14-11-12(17(18)19)5-6-13(14)16;1-16-6-4-12-5-7-17-11-8-9(13(14)15)2-3-10(11)12;13-5-3-11-4-6-16-10-7-8(12(14)15)1-2-9(10)11;1-3-5-4-2;/h5-6,11H,3-4,7-10H2,1-2H3;2-3,8H,4-7H2,1H3;1-2,7,13H,3-6H2;5H,3-4H2,1-2H3;1H/i;;;;1+1. The Labute approximate surface area is 340 Å². The highest BCUT2D eigenvalue weighted by Gasteiger charge is 2.23. The van der Waals surface area contributed by atoms with Crippen LogP contribution in [-0.2, 0) is 4.74 Å². The molecule has 0 amide bonds. The Balaban J connectivity index is 0.000000287. The fourth-order valence-corrected chi connectivity index (χ4v) is 6.21. The Kier molecular flexibility index (Phi) is 20.2. The molecule has 0 saturated heterocycles. The summed E-state index contributed by atoms with van der Waals surface area (Å²) in [7, 11) is 1.65. The van der Waals surface area contributed by atoms with Crippen molar-refractivity contribution in [3.63, 3.8) is 0 Å². The summed E-state index contributed by atoms with van der Waals surface area (Å²) in [6.45, 7) is 20.5. The average Bonchev–Trinajstić information content (AvgIpc) is 3.23. The molecule has 19 heteroatoms. The number of methoxy groups -OCH3 is 1. The molecule has 3 heterocycles. The lowest BCUT2D eigenvalue weighted by Gasteiger charge is -2.32. The second kappa shape index (κ2) is 25.0. The van der Waals surface area contributed by atoms with Gasteiger partial charge in [-0.05, 0) is 44.4 Å². The van der Waals surface area contributed by atoms with E-state index >= 15 is 0 Å². The van der Waals surface area contributed by atoms with Gasteiger partial charge in [-0.1, -0.05) is 27.7 Å². The third kappa shape index (κ3) is 14.2. The molecule has 3 aliphatic heterocycles. The molecule has 0 bridgehead atoms. The Morgan fingerprint density at radius 1 is 0.672 bits per heavy atom. The van der Waals surface area contributed by atoms with Crippen LogP contribution in [0.15, 0.2) is 54.6 Å². The molecule has 0 atom stereocenters. The number of aliphatic hydroxyl groups is 1. The molecule has 322 valence electrons. The van der Waals surface area contributed by atoms with E-state index in [-0.39, 0.29) is 25.1 Å². The Morgan fingerprint density at radius 2 is 1.05 bits per heavy atom. The highest BCUT2D eigenvalue weighted by Crippen LogP contribution is 2.36. The third-order valence-electron chi connectivity index (χ3n) is 9.36. The van der Waals surface area contributed by atoms with Crippen molar-refractivity contribution < 1.29 is 40.3 Å². The minimum absolute atomic E-state index is 0. The molecule has 0 radical (unpaired) electrons. The van der Waals surface area contributed by atoms with Gasteiger partial charge >= 0.3 is 0 Å². The lowest BCUT2D eigenvalue weighted by Crippen LogP contribution is -2.39. The van der Waals surface area contributed by atoms with Crippen LogP contribution in [0.25, 0.3) is 0 Å². The number of anilines is 3. The van der Waals surface area contributed by atoms with E-state index < -0.39 is 14.8 Å². The second-order valence-corrected chi connectivity index (χ2v) is 12.9. The molecule has 0 spiro atoms. The molecule has 6 rings (SSSR count). The number of benzene rings is 3. The minimum Gasteiger partial charge on any atom is -0.489 e. The zero-order valence-corrected chi connectivity index (χ0v) is 34.2. The zero-order chi connectivity index (χ0) is 42.5. The molecule has 0 unspecified atom stereocenters. The highest BCUT2D eigenvalue weighted by atomic mass is 16.6. The fourth-order valence-electron chi connectivity index (χ4n) is 6.21. The van der Waals surface area contributed by atoms with Gasteiger partial charge in [0.15, 0.2) is 0 Å². The van der Waals surface area contributed by atoms with Crippen LogP contribution in [0.4, 0.5) is 34.1 Å². The molecule has 19 nitrogen and oxygen atoms in total. The van der Waals surface area contributed by atoms with Crippen LogP contribution in [0.3, 0.4) is 0 Å². The van der Waals surface area contributed by atoms with E-state index in [1.165, 1.54) is 36.4 Å². The van der Waals surface area contributed by atoms with E-state index in [0.717, 1.165) is 76.0 Å². The lowest BCUT2D eigenvalue weighted by atomic mass is 10.2. The predicted molar refractivity (Wildman–Crippen MR) is 225 cm³/mol. The van der Waals surface area contributed by atoms with Gasteiger partial charge in [0.2, 0.25) is 0 Å². The molecular formula is C39H60N8O11. The van der Waals surface area contributed by atoms with E-state index in [1.807, 2.05) is 4.90 Å². The van der Waals surface area contributed by atoms with Gasteiger partial charge in [-0.15, -0.1) is 0 Å². The maximum absolute atomic E-state index is 10.8. The number of ether oxygens (including phenoxy) is 4. The molecule has 58 heavy (non-hydrogen) atoms. The average molecular weight is 818 g/mol. The Hall–Kier alpha value is -5.50. The fraction of sp³-hybridized carbons (Fsp3) is 0.538. The van der Waals surface area contributed by atoms with E-state index in [4.69, 9.17) is 24.1 Å². The first-order valence-electron chi connectivity index (χ1n) is 19.5. The van der Waals surface area contributed by atoms with E-state index in [1.54, 1.807) is 25.3 Å². The molecule has 0 saturated carbocycles. The van der Waals surface area contributed by atoms with Crippen LogP contribution in [0.1, 0.15) is 29.1 Å². The third-order valence-corrected chi connectivity index (χ3v) is 9.36. The van der Waals surface area contributed by atoms with Crippen molar-refractivity contribution in [3.8, 4) is 17.2 Å². The van der Waals surface area contributed by atoms with Crippen molar-refractivity contribution in [2.75, 3.05) is 127 Å². The Morgan fingerprint density at radius 3 is 1.36 bits per heavy atom. The first-order valence-corrected chi connectivity index (χ1v) is 19.5. The van der Waals surface area contributed by atoms with E-state index in [2.05, 4.69) is 47.7 Å². The van der Waals surface area contributed by atoms with Crippen LogP contribution in [-0.4, -0.2) is 137 Å². The quantitative estimate of drug-likeness (QED) is 0.149. The first-order chi connectivity index (χ1) is 28.0. The molecule has 3 aromatic carbocycles. The summed E-state index contributed by atoms with van der Waals surface area (Å²) in [5.41, 5.74) is 2.79. The molecule has 3 aromatic rings. The summed E-state index contributed by atoms with van der Waals surface area (Å²) < 4.78 is 21.4. The largest absolute Gasteiger partial charge is 0.489 e. The number of hydrogen-bond acceptors (Lipinski definition) is 16. The second-order valence-electron chi connectivity index (χ2n) is 12.9. The summed E-state index contributed by atoms with van der Waals surface area (Å²) in [5, 5.41) is 44.0. The van der Waals surface area contributed by atoms with Crippen LogP contribution in [0, 0.1) is 30.3 Å². The number of nitrogens with zero attached hydrogens (tertiary/aromatic N) is 7. The molecule has 0 aliphatic carbocycles. The normalized spacial score (nSPS) is 13.6. The summed E-state index contributed by atoms with van der Waals surface area (Å²) in [4.78, 5) is 39.4. The van der Waals surface area contributed by atoms with Crippen molar-refractivity contribution in [2.24, 2.45) is 0 Å². The molecular weight excluding hydrogens is 756 g/mol. The summed E-state index contributed by atoms with van der Waals surface area (Å²) in [5.74, 6) is 1.69. The van der Waals surface area contributed by atoms with Crippen LogP contribution >= 0.6 is 0 Å². The zero-order valence-electron chi connectivity index (χ0n) is 34.2. The van der Waals surface area contributed by atoms with Gasteiger partial charge in [-0.3, -0.25) is 30.3 Å². The summed E-state index contributed by atoms with van der Waals surface area (Å²) >= 11 is 0. The SMILES string of the molecule is CCN(CC)CCN1CCOc2cc([N+](=O)[O-])ccc21.CCNCC.COCCN1CCOc2cc([N+](=O)[O-])ccc21.O=[N+]([O-])c1ccc2c(c1)OCCN2CCO.[2HH]. The van der Waals surface area contributed by atoms with E-state index in [0.29, 0.717) is 56.8 Å². The van der Waals surface area contributed by atoms with Gasteiger partial charge in [0.05, 0.1) is 82.9 Å².